The molecule has 8 heteroatoms. The van der Waals surface area contributed by atoms with Crippen molar-refractivity contribution in [2.45, 2.75) is 13.0 Å². The summed E-state index contributed by atoms with van der Waals surface area (Å²) in [4.78, 5) is 17.2. The maximum absolute atomic E-state index is 12.6. The number of rotatable bonds is 11. The third-order valence-electron chi connectivity index (χ3n) is 6.91. The van der Waals surface area contributed by atoms with Crippen LogP contribution >= 0.6 is 0 Å². The number of methoxy groups -OCH3 is 4. The van der Waals surface area contributed by atoms with Gasteiger partial charge in [0.15, 0.2) is 11.5 Å². The average Bonchev–Trinajstić information content (AvgIpc) is 2.93. The van der Waals surface area contributed by atoms with Crippen molar-refractivity contribution < 1.29 is 23.7 Å². The molecule has 3 aromatic carbocycles. The van der Waals surface area contributed by atoms with E-state index in [2.05, 4.69) is 45.4 Å². The van der Waals surface area contributed by atoms with Gasteiger partial charge in [-0.2, -0.15) is 0 Å². The highest BCUT2D eigenvalue weighted by atomic mass is 16.5. The van der Waals surface area contributed by atoms with Gasteiger partial charge in [0.1, 0.15) is 5.75 Å². The molecule has 0 spiro atoms. The van der Waals surface area contributed by atoms with Crippen molar-refractivity contribution in [2.24, 2.45) is 0 Å². The number of nitrogens with zero attached hydrogens (tertiary/aromatic N) is 2. The fraction of sp³-hybridized carbons (Fsp3) is 0.414. The van der Waals surface area contributed by atoms with E-state index in [1.807, 2.05) is 18.2 Å². The van der Waals surface area contributed by atoms with Crippen molar-refractivity contribution in [3.63, 3.8) is 0 Å². The van der Waals surface area contributed by atoms with Crippen LogP contribution in [-0.4, -0.2) is 83.4 Å². The smallest absolute Gasteiger partial charge is 0.234 e. The minimum Gasteiger partial charge on any atom is -0.497 e. The molecule has 0 saturated carbocycles. The Morgan fingerprint density at radius 3 is 2.27 bits per heavy atom. The number of carbonyl (C=O) groups excluding carboxylic acids is 1. The SMILES string of the molecule is COc1ccc2cccc(CCNC(=O)CN3CCN(Cc4ccc(OC)c(OC)c4OC)CC3)c2c1. The fourth-order valence-corrected chi connectivity index (χ4v) is 4.89. The molecular formula is C29H37N3O5. The van der Waals surface area contributed by atoms with Crippen LogP contribution in [0.1, 0.15) is 11.1 Å². The summed E-state index contributed by atoms with van der Waals surface area (Å²) in [5.41, 5.74) is 2.26. The van der Waals surface area contributed by atoms with Crippen LogP contribution in [0, 0.1) is 0 Å². The van der Waals surface area contributed by atoms with Gasteiger partial charge >= 0.3 is 0 Å². The predicted molar refractivity (Wildman–Crippen MR) is 145 cm³/mol. The van der Waals surface area contributed by atoms with E-state index in [1.54, 1.807) is 28.4 Å². The molecule has 1 aliphatic rings. The molecule has 37 heavy (non-hydrogen) atoms. The first-order chi connectivity index (χ1) is 18.1. The van der Waals surface area contributed by atoms with E-state index in [0.717, 1.165) is 50.5 Å². The molecule has 0 aliphatic carbocycles. The molecule has 1 aliphatic heterocycles. The largest absolute Gasteiger partial charge is 0.497 e. The third-order valence-corrected chi connectivity index (χ3v) is 6.91. The molecule has 1 fully saturated rings. The second kappa shape index (κ2) is 12.7. The quantitative estimate of drug-likeness (QED) is 0.427. The number of benzene rings is 3. The maximum Gasteiger partial charge on any atom is 0.234 e. The number of carbonyl (C=O) groups is 1. The molecule has 0 aromatic heterocycles. The summed E-state index contributed by atoms with van der Waals surface area (Å²) >= 11 is 0. The number of amides is 1. The lowest BCUT2D eigenvalue weighted by Gasteiger charge is -2.34. The van der Waals surface area contributed by atoms with E-state index in [1.165, 1.54) is 16.3 Å². The number of hydrogen-bond donors (Lipinski definition) is 1. The van der Waals surface area contributed by atoms with Gasteiger partial charge in [-0.3, -0.25) is 14.6 Å². The second-order valence-corrected chi connectivity index (χ2v) is 9.15. The molecule has 198 valence electrons. The van der Waals surface area contributed by atoms with Gasteiger partial charge in [-0.15, -0.1) is 0 Å². The highest BCUT2D eigenvalue weighted by Gasteiger charge is 2.22. The lowest BCUT2D eigenvalue weighted by molar-refractivity contribution is -0.122. The lowest BCUT2D eigenvalue weighted by atomic mass is 10.0. The van der Waals surface area contributed by atoms with Crippen LogP contribution in [0.15, 0.2) is 48.5 Å². The lowest BCUT2D eigenvalue weighted by Crippen LogP contribution is -2.49. The number of ether oxygens (including phenoxy) is 4. The first kappa shape index (κ1) is 26.6. The van der Waals surface area contributed by atoms with Crippen LogP contribution in [0.3, 0.4) is 0 Å². The van der Waals surface area contributed by atoms with E-state index < -0.39 is 0 Å². The third kappa shape index (κ3) is 6.45. The van der Waals surface area contributed by atoms with Crippen molar-refractivity contribution in [3.8, 4) is 23.0 Å². The van der Waals surface area contributed by atoms with Gasteiger partial charge in [-0.05, 0) is 41.0 Å². The summed E-state index contributed by atoms with van der Waals surface area (Å²) in [7, 11) is 6.56. The molecule has 1 heterocycles. The Balaban J connectivity index is 1.24. The van der Waals surface area contributed by atoms with Crippen LogP contribution < -0.4 is 24.3 Å². The summed E-state index contributed by atoms with van der Waals surface area (Å²) in [6.45, 7) is 5.20. The van der Waals surface area contributed by atoms with Crippen LogP contribution in [0.25, 0.3) is 10.8 Å². The van der Waals surface area contributed by atoms with Crippen molar-refractivity contribution in [2.75, 3.05) is 67.7 Å². The molecule has 1 saturated heterocycles. The van der Waals surface area contributed by atoms with Crippen LogP contribution in [-0.2, 0) is 17.8 Å². The number of hydrogen-bond acceptors (Lipinski definition) is 7. The van der Waals surface area contributed by atoms with Gasteiger partial charge < -0.3 is 24.3 Å². The monoisotopic (exact) mass is 507 g/mol. The molecule has 0 atom stereocenters. The zero-order chi connectivity index (χ0) is 26.2. The highest BCUT2D eigenvalue weighted by molar-refractivity contribution is 5.87. The summed E-state index contributed by atoms with van der Waals surface area (Å²) in [6, 6.07) is 16.3. The first-order valence-electron chi connectivity index (χ1n) is 12.6. The number of nitrogens with one attached hydrogen (secondary N) is 1. The zero-order valence-electron chi connectivity index (χ0n) is 22.2. The highest BCUT2D eigenvalue weighted by Crippen LogP contribution is 2.40. The molecule has 8 nitrogen and oxygen atoms in total. The van der Waals surface area contributed by atoms with Crippen LogP contribution in [0.4, 0.5) is 0 Å². The van der Waals surface area contributed by atoms with E-state index in [-0.39, 0.29) is 5.91 Å². The normalized spacial score (nSPS) is 14.4. The van der Waals surface area contributed by atoms with Crippen molar-refractivity contribution in [1.29, 1.82) is 0 Å². The molecule has 0 unspecified atom stereocenters. The number of fused-ring (bicyclic) bond motifs is 1. The molecule has 3 aromatic rings. The summed E-state index contributed by atoms with van der Waals surface area (Å²) < 4.78 is 21.9. The molecule has 0 bridgehead atoms. The molecule has 1 amide bonds. The topological polar surface area (TPSA) is 72.5 Å². The van der Waals surface area contributed by atoms with Gasteiger partial charge in [-0.1, -0.05) is 30.3 Å². The van der Waals surface area contributed by atoms with Crippen LogP contribution in [0.2, 0.25) is 0 Å². The van der Waals surface area contributed by atoms with Crippen LogP contribution in [0.5, 0.6) is 23.0 Å². The van der Waals surface area contributed by atoms with E-state index in [4.69, 9.17) is 18.9 Å². The van der Waals surface area contributed by atoms with Gasteiger partial charge in [0.25, 0.3) is 0 Å². The van der Waals surface area contributed by atoms with Crippen molar-refractivity contribution >= 4 is 16.7 Å². The molecule has 1 N–H and O–H groups in total. The standard InChI is InChI=1S/C29H37N3O5/c1-34-24-10-8-21-6-5-7-22(25(21)18-24)12-13-30-27(33)20-32-16-14-31(15-17-32)19-23-9-11-26(35-2)29(37-4)28(23)36-3/h5-11,18H,12-17,19-20H2,1-4H3,(H,30,33). The predicted octanol–water partition coefficient (Wildman–Crippen LogP) is 3.35. The Kier molecular flexibility index (Phi) is 9.09. The van der Waals surface area contributed by atoms with E-state index in [0.29, 0.717) is 30.3 Å². The molecule has 4 rings (SSSR count). The van der Waals surface area contributed by atoms with E-state index >= 15 is 0 Å². The average molecular weight is 508 g/mol. The minimum absolute atomic E-state index is 0.0628. The van der Waals surface area contributed by atoms with Gasteiger partial charge in [0, 0.05) is 44.8 Å². The Labute approximate surface area is 219 Å². The van der Waals surface area contributed by atoms with Gasteiger partial charge in [0.2, 0.25) is 11.7 Å². The maximum atomic E-state index is 12.6. The molecular weight excluding hydrogens is 470 g/mol. The Morgan fingerprint density at radius 1 is 0.811 bits per heavy atom. The Morgan fingerprint density at radius 2 is 1.57 bits per heavy atom. The van der Waals surface area contributed by atoms with Crippen molar-refractivity contribution in [1.82, 2.24) is 15.1 Å². The van der Waals surface area contributed by atoms with Gasteiger partial charge in [0.05, 0.1) is 35.0 Å². The van der Waals surface area contributed by atoms with Gasteiger partial charge in [-0.25, -0.2) is 0 Å². The second-order valence-electron chi connectivity index (χ2n) is 9.15. The van der Waals surface area contributed by atoms with Crippen molar-refractivity contribution in [3.05, 3.63) is 59.7 Å². The van der Waals surface area contributed by atoms with E-state index in [9.17, 15) is 4.79 Å². The zero-order valence-corrected chi connectivity index (χ0v) is 22.2. The number of piperazine rings is 1. The summed E-state index contributed by atoms with van der Waals surface area (Å²) in [5, 5.41) is 5.43. The summed E-state index contributed by atoms with van der Waals surface area (Å²) in [5.74, 6) is 2.87. The fourth-order valence-electron chi connectivity index (χ4n) is 4.89. The first-order valence-corrected chi connectivity index (χ1v) is 12.6. The minimum atomic E-state index is 0.0628. The Hall–Kier alpha value is -3.49. The Bertz CT molecular complexity index is 1210. The summed E-state index contributed by atoms with van der Waals surface area (Å²) in [6.07, 6.45) is 0.775. The molecule has 0 radical (unpaired) electrons.